The van der Waals surface area contributed by atoms with Crippen LogP contribution in [0, 0.1) is 0 Å². The Kier molecular flexibility index (Phi) is 5.87. The van der Waals surface area contributed by atoms with Crippen molar-refractivity contribution in [2.75, 3.05) is 26.3 Å². The van der Waals surface area contributed by atoms with Crippen LogP contribution in [0.5, 0.6) is 5.75 Å². The molecule has 0 saturated carbocycles. The largest absolute Gasteiger partial charge is 0.491 e. The van der Waals surface area contributed by atoms with E-state index in [1.807, 2.05) is 42.2 Å². The van der Waals surface area contributed by atoms with Gasteiger partial charge in [-0.2, -0.15) is 0 Å². The molecule has 1 unspecified atom stereocenters. The number of hydrogen-bond donors (Lipinski definition) is 0. The van der Waals surface area contributed by atoms with Gasteiger partial charge in [0.2, 0.25) is 5.91 Å². The number of benzene rings is 1. The first-order chi connectivity index (χ1) is 9.79. The van der Waals surface area contributed by atoms with Gasteiger partial charge >= 0.3 is 0 Å². The Morgan fingerprint density at radius 1 is 1.30 bits per heavy atom. The number of rotatable bonds is 6. The number of carbonyl (C=O) groups excluding carboxylic acids is 1. The molecule has 4 nitrogen and oxygen atoms in total. The Labute approximate surface area is 120 Å². The number of hydrogen-bond acceptors (Lipinski definition) is 3. The molecule has 2 rings (SSSR count). The third-order valence-corrected chi connectivity index (χ3v) is 3.48. The molecule has 20 heavy (non-hydrogen) atoms. The van der Waals surface area contributed by atoms with Crippen LogP contribution in [0.3, 0.4) is 0 Å². The van der Waals surface area contributed by atoms with Crippen molar-refractivity contribution < 1.29 is 14.3 Å². The van der Waals surface area contributed by atoms with Crippen LogP contribution in [0.25, 0.3) is 0 Å². The van der Waals surface area contributed by atoms with Gasteiger partial charge in [0, 0.05) is 19.5 Å². The number of para-hydroxylation sites is 1. The Morgan fingerprint density at radius 3 is 2.85 bits per heavy atom. The standard InChI is InChI=1S/C16H23NO3/c1-2-16(18)17-10-6-9-15(13-17)20-12-11-19-14-7-4-3-5-8-14/h3-5,7-8,15H,2,6,9-13H2,1H3. The maximum atomic E-state index is 11.7. The van der Waals surface area contributed by atoms with E-state index in [1.165, 1.54) is 0 Å². The lowest BCUT2D eigenvalue weighted by molar-refractivity contribution is -0.135. The van der Waals surface area contributed by atoms with Crippen molar-refractivity contribution in [3.8, 4) is 5.75 Å². The minimum absolute atomic E-state index is 0.152. The third kappa shape index (κ3) is 4.53. The maximum Gasteiger partial charge on any atom is 0.222 e. The van der Waals surface area contributed by atoms with Crippen molar-refractivity contribution in [3.63, 3.8) is 0 Å². The van der Waals surface area contributed by atoms with Crippen LogP contribution in [-0.4, -0.2) is 43.2 Å². The summed E-state index contributed by atoms with van der Waals surface area (Å²) in [4.78, 5) is 13.6. The minimum atomic E-state index is 0.152. The normalized spacial score (nSPS) is 18.9. The molecular weight excluding hydrogens is 254 g/mol. The molecule has 1 saturated heterocycles. The van der Waals surface area contributed by atoms with E-state index in [2.05, 4.69) is 0 Å². The Bertz CT molecular complexity index is 407. The van der Waals surface area contributed by atoms with Gasteiger partial charge < -0.3 is 14.4 Å². The zero-order valence-electron chi connectivity index (χ0n) is 12.1. The van der Waals surface area contributed by atoms with E-state index in [0.717, 1.165) is 31.7 Å². The van der Waals surface area contributed by atoms with Crippen LogP contribution in [0.2, 0.25) is 0 Å². The molecule has 1 fully saturated rings. The quantitative estimate of drug-likeness (QED) is 0.750. The summed E-state index contributed by atoms with van der Waals surface area (Å²) in [6.45, 7) is 4.60. The van der Waals surface area contributed by atoms with Crippen molar-refractivity contribution >= 4 is 5.91 Å². The van der Waals surface area contributed by atoms with E-state index >= 15 is 0 Å². The molecule has 1 aliphatic rings. The average molecular weight is 277 g/mol. The Hall–Kier alpha value is -1.55. The molecule has 110 valence electrons. The summed E-state index contributed by atoms with van der Waals surface area (Å²) in [5.74, 6) is 1.08. The predicted octanol–water partition coefficient (Wildman–Crippen LogP) is 2.48. The first-order valence-corrected chi connectivity index (χ1v) is 7.37. The highest BCUT2D eigenvalue weighted by molar-refractivity contribution is 5.75. The first-order valence-electron chi connectivity index (χ1n) is 7.37. The molecule has 0 aliphatic carbocycles. The van der Waals surface area contributed by atoms with E-state index in [0.29, 0.717) is 19.6 Å². The zero-order chi connectivity index (χ0) is 14.2. The molecule has 4 heteroatoms. The molecule has 0 aromatic heterocycles. The summed E-state index contributed by atoms with van der Waals surface area (Å²) in [6, 6.07) is 9.73. The lowest BCUT2D eigenvalue weighted by Gasteiger charge is -2.32. The summed E-state index contributed by atoms with van der Waals surface area (Å²) < 4.78 is 11.4. The number of piperidine rings is 1. The first kappa shape index (κ1) is 14.9. The van der Waals surface area contributed by atoms with Crippen LogP contribution in [0.4, 0.5) is 0 Å². The van der Waals surface area contributed by atoms with Crippen LogP contribution in [0.1, 0.15) is 26.2 Å². The van der Waals surface area contributed by atoms with Gasteiger partial charge in [0.25, 0.3) is 0 Å². The average Bonchev–Trinajstić information content (AvgIpc) is 2.52. The van der Waals surface area contributed by atoms with Crippen LogP contribution in [0.15, 0.2) is 30.3 Å². The highest BCUT2D eigenvalue weighted by Gasteiger charge is 2.22. The van der Waals surface area contributed by atoms with Crippen molar-refractivity contribution in [2.24, 2.45) is 0 Å². The van der Waals surface area contributed by atoms with Gasteiger partial charge in [-0.1, -0.05) is 25.1 Å². The second kappa shape index (κ2) is 7.90. The number of nitrogens with zero attached hydrogens (tertiary/aromatic N) is 1. The second-order valence-electron chi connectivity index (χ2n) is 4.99. The molecule has 1 amide bonds. The second-order valence-corrected chi connectivity index (χ2v) is 4.99. The molecule has 0 bridgehead atoms. The molecular formula is C16H23NO3. The smallest absolute Gasteiger partial charge is 0.222 e. The van der Waals surface area contributed by atoms with E-state index in [1.54, 1.807) is 0 Å². The minimum Gasteiger partial charge on any atom is -0.491 e. The summed E-state index contributed by atoms with van der Waals surface area (Å²) in [5.41, 5.74) is 0. The van der Waals surface area contributed by atoms with Gasteiger partial charge in [-0.3, -0.25) is 4.79 Å². The fourth-order valence-electron chi connectivity index (χ4n) is 2.42. The number of ether oxygens (including phenoxy) is 2. The van der Waals surface area contributed by atoms with Crippen LogP contribution < -0.4 is 4.74 Å². The Morgan fingerprint density at radius 2 is 2.10 bits per heavy atom. The van der Waals surface area contributed by atoms with Crippen LogP contribution >= 0.6 is 0 Å². The molecule has 1 aromatic carbocycles. The third-order valence-electron chi connectivity index (χ3n) is 3.48. The van der Waals surface area contributed by atoms with Crippen molar-refractivity contribution in [1.82, 2.24) is 4.90 Å². The van der Waals surface area contributed by atoms with E-state index in [9.17, 15) is 4.79 Å². The molecule has 1 heterocycles. The van der Waals surface area contributed by atoms with Crippen molar-refractivity contribution in [2.45, 2.75) is 32.3 Å². The fraction of sp³-hybridized carbons (Fsp3) is 0.562. The molecule has 1 atom stereocenters. The highest BCUT2D eigenvalue weighted by atomic mass is 16.5. The summed E-state index contributed by atoms with van der Waals surface area (Å²) in [5, 5.41) is 0. The summed E-state index contributed by atoms with van der Waals surface area (Å²) in [7, 11) is 0. The van der Waals surface area contributed by atoms with Gasteiger partial charge in [-0.25, -0.2) is 0 Å². The zero-order valence-corrected chi connectivity index (χ0v) is 12.1. The molecule has 1 aliphatic heterocycles. The van der Waals surface area contributed by atoms with Gasteiger partial charge in [-0.05, 0) is 25.0 Å². The fourth-order valence-corrected chi connectivity index (χ4v) is 2.42. The van der Waals surface area contributed by atoms with Gasteiger partial charge in [0.05, 0.1) is 12.7 Å². The van der Waals surface area contributed by atoms with E-state index in [-0.39, 0.29) is 12.0 Å². The van der Waals surface area contributed by atoms with Crippen LogP contribution in [-0.2, 0) is 9.53 Å². The Balaban J connectivity index is 1.65. The predicted molar refractivity (Wildman–Crippen MR) is 77.8 cm³/mol. The number of carbonyl (C=O) groups is 1. The topological polar surface area (TPSA) is 38.8 Å². The van der Waals surface area contributed by atoms with E-state index < -0.39 is 0 Å². The molecule has 0 radical (unpaired) electrons. The van der Waals surface area contributed by atoms with Gasteiger partial charge in [-0.15, -0.1) is 0 Å². The monoisotopic (exact) mass is 277 g/mol. The molecule has 0 N–H and O–H groups in total. The van der Waals surface area contributed by atoms with E-state index in [4.69, 9.17) is 9.47 Å². The lowest BCUT2D eigenvalue weighted by Crippen LogP contribution is -2.43. The van der Waals surface area contributed by atoms with Crippen molar-refractivity contribution in [1.29, 1.82) is 0 Å². The summed E-state index contributed by atoms with van der Waals surface area (Å²) >= 11 is 0. The number of amides is 1. The van der Waals surface area contributed by atoms with Gasteiger partial charge in [0.1, 0.15) is 12.4 Å². The molecule has 0 spiro atoms. The van der Waals surface area contributed by atoms with Crippen molar-refractivity contribution in [3.05, 3.63) is 30.3 Å². The number of likely N-dealkylation sites (tertiary alicyclic amines) is 1. The highest BCUT2D eigenvalue weighted by Crippen LogP contribution is 2.14. The molecule has 1 aromatic rings. The maximum absolute atomic E-state index is 11.7. The lowest BCUT2D eigenvalue weighted by atomic mass is 10.1. The van der Waals surface area contributed by atoms with Gasteiger partial charge in [0.15, 0.2) is 0 Å². The summed E-state index contributed by atoms with van der Waals surface area (Å²) in [6.07, 6.45) is 2.78. The SMILES string of the molecule is CCC(=O)N1CCCC(OCCOc2ccccc2)C1.